The molecule has 2 unspecified atom stereocenters. The first-order valence-corrected chi connectivity index (χ1v) is 3.70. The first-order chi connectivity index (χ1) is 5.34. The summed E-state index contributed by atoms with van der Waals surface area (Å²) in [5.74, 6) is 4.88. The zero-order valence-corrected chi connectivity index (χ0v) is 6.31. The summed E-state index contributed by atoms with van der Waals surface area (Å²) in [5.41, 5.74) is 0. The summed E-state index contributed by atoms with van der Waals surface area (Å²) in [4.78, 5) is 0. The van der Waals surface area contributed by atoms with Crippen molar-refractivity contribution in [2.24, 2.45) is 16.2 Å². The van der Waals surface area contributed by atoms with Gasteiger partial charge >= 0.3 is 0 Å². The van der Waals surface area contributed by atoms with Crippen molar-refractivity contribution in [3.63, 3.8) is 0 Å². The summed E-state index contributed by atoms with van der Waals surface area (Å²) < 4.78 is 5.09. The van der Waals surface area contributed by atoms with Crippen LogP contribution in [0.2, 0.25) is 0 Å². The molecule has 1 aliphatic rings. The summed E-state index contributed by atoms with van der Waals surface area (Å²) in [6, 6.07) is -0.178. The quantitative estimate of drug-likeness (QED) is 0.317. The molecule has 1 heterocycles. The Hall–Kier alpha value is -0.680. The molecule has 0 aromatic heterocycles. The van der Waals surface area contributed by atoms with E-state index >= 15 is 0 Å². The molecule has 0 aromatic rings. The summed E-state index contributed by atoms with van der Waals surface area (Å²) in [6.07, 6.45) is 1.15. The molecule has 3 N–H and O–H groups in total. The highest BCUT2D eigenvalue weighted by atomic mass is 16.5. The number of aliphatic hydroxyl groups is 1. The van der Waals surface area contributed by atoms with Gasteiger partial charge in [0.25, 0.3) is 0 Å². The summed E-state index contributed by atoms with van der Waals surface area (Å²) >= 11 is 0. The van der Waals surface area contributed by atoms with Crippen molar-refractivity contribution in [3.05, 3.63) is 0 Å². The lowest BCUT2D eigenvalue weighted by molar-refractivity contribution is 0.0428. The van der Waals surface area contributed by atoms with Crippen LogP contribution in [0, 0.1) is 0 Å². The number of nitrogens with zero attached hydrogens (tertiary/aromatic N) is 2. The van der Waals surface area contributed by atoms with Gasteiger partial charge in [0.05, 0.1) is 6.61 Å². The monoisotopic (exact) mass is 159 g/mol. The molecule has 2 atom stereocenters. The van der Waals surface area contributed by atoms with Crippen LogP contribution in [-0.4, -0.2) is 30.5 Å². The van der Waals surface area contributed by atoms with Gasteiger partial charge in [0, 0.05) is 6.61 Å². The second-order valence-corrected chi connectivity index (χ2v) is 2.58. The predicted octanol–water partition coefficient (Wildman–Crippen LogP) is -0.148. The van der Waals surface area contributed by atoms with E-state index in [1.54, 1.807) is 0 Å². The smallest absolute Gasteiger partial charge is 0.101 e. The first kappa shape index (κ1) is 8.42. The molecule has 5 nitrogen and oxygen atoms in total. The Morgan fingerprint density at radius 3 is 3.09 bits per heavy atom. The normalized spacial score (nSPS) is 33.9. The van der Waals surface area contributed by atoms with Crippen molar-refractivity contribution in [3.8, 4) is 0 Å². The van der Waals surface area contributed by atoms with E-state index in [2.05, 4.69) is 10.3 Å². The van der Waals surface area contributed by atoms with Crippen LogP contribution in [0.25, 0.3) is 0 Å². The molecule has 5 heteroatoms. The lowest BCUT2D eigenvalue weighted by Crippen LogP contribution is -2.26. The standard InChI is InChI=1S/C6H13N3O2/c7-9-8-5-2-1-3-11-4-6(5)10/h5-6,10H,1-4H2,(H2,7,8). The van der Waals surface area contributed by atoms with Crippen LogP contribution in [0.15, 0.2) is 10.3 Å². The van der Waals surface area contributed by atoms with Gasteiger partial charge < -0.3 is 15.7 Å². The Balaban J connectivity index is 2.45. The topological polar surface area (TPSA) is 80.2 Å². The molecule has 0 radical (unpaired) electrons. The van der Waals surface area contributed by atoms with Crippen molar-refractivity contribution in [2.45, 2.75) is 25.0 Å². The molecule has 64 valence electrons. The zero-order chi connectivity index (χ0) is 8.10. The molecule has 0 bridgehead atoms. The van der Waals surface area contributed by atoms with Crippen LogP contribution in [0.3, 0.4) is 0 Å². The first-order valence-electron chi connectivity index (χ1n) is 3.70. The predicted molar refractivity (Wildman–Crippen MR) is 38.9 cm³/mol. The fourth-order valence-electron chi connectivity index (χ4n) is 1.12. The van der Waals surface area contributed by atoms with E-state index in [1.807, 2.05) is 0 Å². The number of nitrogens with two attached hydrogens (primary N) is 1. The van der Waals surface area contributed by atoms with Crippen molar-refractivity contribution < 1.29 is 9.84 Å². The van der Waals surface area contributed by atoms with Crippen LogP contribution in [0.1, 0.15) is 12.8 Å². The lowest BCUT2D eigenvalue weighted by atomic mass is 10.1. The van der Waals surface area contributed by atoms with Gasteiger partial charge in [-0.2, -0.15) is 5.11 Å². The third kappa shape index (κ3) is 2.44. The van der Waals surface area contributed by atoms with Crippen LogP contribution in [-0.2, 0) is 4.74 Å². The van der Waals surface area contributed by atoms with Crippen LogP contribution in [0.4, 0.5) is 0 Å². The SMILES string of the molecule is NN=NC1CCCOCC1O. The molecule has 0 aliphatic carbocycles. The molecule has 0 saturated carbocycles. The van der Waals surface area contributed by atoms with E-state index in [9.17, 15) is 5.11 Å². The van der Waals surface area contributed by atoms with E-state index in [-0.39, 0.29) is 6.04 Å². The van der Waals surface area contributed by atoms with Gasteiger partial charge in [-0.15, -0.1) is 0 Å². The van der Waals surface area contributed by atoms with Crippen LogP contribution in [0.5, 0.6) is 0 Å². The van der Waals surface area contributed by atoms with Crippen molar-refractivity contribution in [1.82, 2.24) is 0 Å². The van der Waals surface area contributed by atoms with Gasteiger partial charge in [-0.25, -0.2) is 0 Å². The maximum atomic E-state index is 9.35. The lowest BCUT2D eigenvalue weighted by Gasteiger charge is -2.12. The second-order valence-electron chi connectivity index (χ2n) is 2.58. The Morgan fingerprint density at radius 2 is 2.36 bits per heavy atom. The number of hydrogen-bond donors (Lipinski definition) is 2. The highest BCUT2D eigenvalue weighted by Gasteiger charge is 2.21. The van der Waals surface area contributed by atoms with Gasteiger partial charge in [-0.05, 0) is 12.8 Å². The Bertz CT molecular complexity index is 140. The number of aliphatic hydroxyl groups excluding tert-OH is 1. The third-order valence-corrected chi connectivity index (χ3v) is 1.74. The molecule has 0 aromatic carbocycles. The number of rotatable bonds is 1. The molecular weight excluding hydrogens is 146 g/mol. The van der Waals surface area contributed by atoms with Gasteiger partial charge in [0.15, 0.2) is 0 Å². The third-order valence-electron chi connectivity index (χ3n) is 1.74. The molecule has 1 rings (SSSR count). The molecule has 1 aliphatic heterocycles. The van der Waals surface area contributed by atoms with Gasteiger partial charge in [0.1, 0.15) is 12.1 Å². The number of hydrogen-bond acceptors (Lipinski definition) is 4. The van der Waals surface area contributed by atoms with Crippen LogP contribution >= 0.6 is 0 Å². The van der Waals surface area contributed by atoms with Gasteiger partial charge in [0.2, 0.25) is 0 Å². The Kier molecular flexibility index (Phi) is 3.25. The summed E-state index contributed by atoms with van der Waals surface area (Å²) in [7, 11) is 0. The average molecular weight is 159 g/mol. The Labute approximate surface area is 65.2 Å². The minimum absolute atomic E-state index is 0.178. The fraction of sp³-hybridized carbons (Fsp3) is 1.00. The second kappa shape index (κ2) is 4.25. The highest BCUT2D eigenvalue weighted by molar-refractivity contribution is 4.75. The van der Waals surface area contributed by atoms with E-state index < -0.39 is 6.10 Å². The molecule has 1 saturated heterocycles. The van der Waals surface area contributed by atoms with Crippen molar-refractivity contribution in [1.29, 1.82) is 0 Å². The van der Waals surface area contributed by atoms with Gasteiger partial charge in [-0.3, -0.25) is 0 Å². The van der Waals surface area contributed by atoms with Crippen LogP contribution < -0.4 is 5.84 Å². The van der Waals surface area contributed by atoms with E-state index in [1.165, 1.54) is 0 Å². The number of ether oxygens (including phenoxy) is 1. The minimum atomic E-state index is -0.551. The van der Waals surface area contributed by atoms with Crippen molar-refractivity contribution in [2.75, 3.05) is 13.2 Å². The molecule has 1 fully saturated rings. The fourth-order valence-corrected chi connectivity index (χ4v) is 1.12. The zero-order valence-electron chi connectivity index (χ0n) is 6.31. The summed E-state index contributed by atoms with van der Waals surface area (Å²) in [5, 5.41) is 16.2. The molecule has 0 amide bonds. The molecular formula is C6H13N3O2. The van der Waals surface area contributed by atoms with Crippen molar-refractivity contribution >= 4 is 0 Å². The minimum Gasteiger partial charge on any atom is -0.388 e. The molecule has 11 heavy (non-hydrogen) atoms. The van der Waals surface area contributed by atoms with E-state index in [4.69, 9.17) is 10.6 Å². The Morgan fingerprint density at radius 1 is 1.55 bits per heavy atom. The average Bonchev–Trinajstić information content (AvgIpc) is 2.18. The van der Waals surface area contributed by atoms with E-state index in [0.717, 1.165) is 12.8 Å². The van der Waals surface area contributed by atoms with Gasteiger partial charge in [-0.1, -0.05) is 5.22 Å². The maximum Gasteiger partial charge on any atom is 0.101 e. The summed E-state index contributed by atoms with van der Waals surface area (Å²) in [6.45, 7) is 1.03. The highest BCUT2D eigenvalue weighted by Crippen LogP contribution is 2.12. The maximum absolute atomic E-state index is 9.35. The van der Waals surface area contributed by atoms with E-state index in [0.29, 0.717) is 13.2 Å². The largest absolute Gasteiger partial charge is 0.388 e. The molecule has 0 spiro atoms.